The molecule has 0 radical (unpaired) electrons. The quantitative estimate of drug-likeness (QED) is 0.426. The maximum Gasteiger partial charge on any atom is 0.203 e. The van der Waals surface area contributed by atoms with Crippen LogP contribution in [0.5, 0.6) is 17.2 Å². The van der Waals surface area contributed by atoms with Crippen LogP contribution in [-0.4, -0.2) is 41.7 Å². The van der Waals surface area contributed by atoms with E-state index in [1.54, 1.807) is 44.2 Å². The van der Waals surface area contributed by atoms with Crippen LogP contribution in [0.3, 0.4) is 0 Å². The Morgan fingerprint density at radius 2 is 1.68 bits per heavy atom. The van der Waals surface area contributed by atoms with Crippen molar-refractivity contribution in [2.75, 3.05) is 21.3 Å². The first-order valence-corrected chi connectivity index (χ1v) is 10.9. The summed E-state index contributed by atoms with van der Waals surface area (Å²) in [6.45, 7) is 1.89. The van der Waals surface area contributed by atoms with Gasteiger partial charge < -0.3 is 14.2 Å². The second-order valence-electron chi connectivity index (χ2n) is 8.31. The lowest BCUT2D eigenvalue weighted by molar-refractivity contribution is 0.0962. The van der Waals surface area contributed by atoms with Gasteiger partial charge in [0.05, 0.1) is 38.3 Å². The minimum atomic E-state index is -0.304. The van der Waals surface area contributed by atoms with Crippen molar-refractivity contribution in [2.24, 2.45) is 0 Å². The fourth-order valence-electron chi connectivity index (χ4n) is 4.73. The average Bonchev–Trinajstić information content (AvgIpc) is 3.19. The number of carbonyl (C=O) groups excluding carboxylic acids is 1. The van der Waals surface area contributed by atoms with Gasteiger partial charge in [-0.3, -0.25) is 4.79 Å². The first-order valence-electron chi connectivity index (χ1n) is 10.9. The minimum Gasteiger partial charge on any atom is -0.493 e. The Labute approximate surface area is 196 Å². The molecule has 2 aromatic heterocycles. The van der Waals surface area contributed by atoms with Crippen molar-refractivity contribution < 1.29 is 23.4 Å². The molecule has 0 amide bonds. The van der Waals surface area contributed by atoms with Gasteiger partial charge in [0.15, 0.2) is 22.9 Å². The maximum atomic E-state index is 13.5. The van der Waals surface area contributed by atoms with Gasteiger partial charge in [-0.15, -0.1) is 0 Å². The van der Waals surface area contributed by atoms with E-state index in [4.69, 9.17) is 19.3 Å². The van der Waals surface area contributed by atoms with Crippen LogP contribution in [0.4, 0.5) is 4.39 Å². The van der Waals surface area contributed by atoms with E-state index in [-0.39, 0.29) is 17.5 Å². The van der Waals surface area contributed by atoms with Crippen LogP contribution in [0.25, 0.3) is 16.8 Å². The van der Waals surface area contributed by atoms with Gasteiger partial charge in [-0.05, 0) is 54.7 Å². The number of fused-ring (bicyclic) bond motifs is 3. The van der Waals surface area contributed by atoms with Crippen molar-refractivity contribution in [1.82, 2.24) is 14.6 Å². The zero-order valence-electron chi connectivity index (χ0n) is 19.4. The molecule has 0 spiro atoms. The van der Waals surface area contributed by atoms with E-state index in [9.17, 15) is 9.18 Å². The molecular weight excluding hydrogens is 437 g/mol. The van der Waals surface area contributed by atoms with E-state index < -0.39 is 0 Å². The monoisotopic (exact) mass is 461 g/mol. The number of rotatable bonds is 5. The average molecular weight is 461 g/mol. The molecule has 1 atom stereocenters. The molecule has 4 aromatic rings. The van der Waals surface area contributed by atoms with Crippen LogP contribution in [0.1, 0.15) is 39.6 Å². The Morgan fingerprint density at radius 1 is 1.00 bits per heavy atom. The smallest absolute Gasteiger partial charge is 0.203 e. The summed E-state index contributed by atoms with van der Waals surface area (Å²) in [6.07, 6.45) is 2.55. The number of carbonyl (C=O) groups is 1. The summed E-state index contributed by atoms with van der Waals surface area (Å²) in [6, 6.07) is 10.0. The molecule has 5 rings (SSSR count). The number of halogens is 1. The summed E-state index contributed by atoms with van der Waals surface area (Å²) >= 11 is 0. The molecule has 2 aromatic carbocycles. The zero-order chi connectivity index (χ0) is 24.0. The molecule has 0 aliphatic heterocycles. The van der Waals surface area contributed by atoms with Crippen molar-refractivity contribution in [2.45, 2.75) is 25.7 Å². The van der Waals surface area contributed by atoms with Crippen LogP contribution in [0, 0.1) is 12.7 Å². The molecule has 174 valence electrons. The first kappa shape index (κ1) is 21.9. The number of aryl methyl sites for hydroxylation is 1. The molecule has 0 saturated carbocycles. The van der Waals surface area contributed by atoms with E-state index in [0.717, 1.165) is 28.1 Å². The third-order valence-electron chi connectivity index (χ3n) is 6.38. The fraction of sp³-hybridized carbons (Fsp3) is 0.269. The molecule has 0 saturated heterocycles. The topological polar surface area (TPSA) is 75.0 Å². The summed E-state index contributed by atoms with van der Waals surface area (Å²) in [5.74, 6) is 1.20. The van der Waals surface area contributed by atoms with Gasteiger partial charge in [0, 0.05) is 18.2 Å². The number of aromatic nitrogens is 3. The Morgan fingerprint density at radius 3 is 2.29 bits per heavy atom. The minimum absolute atomic E-state index is 0.00545. The summed E-state index contributed by atoms with van der Waals surface area (Å²) < 4.78 is 31.7. The summed E-state index contributed by atoms with van der Waals surface area (Å²) in [5, 5.41) is 4.72. The fourth-order valence-corrected chi connectivity index (χ4v) is 4.73. The number of methoxy groups -OCH3 is 3. The molecule has 8 heteroatoms. The highest BCUT2D eigenvalue weighted by atomic mass is 19.1. The SMILES string of the molecule is COc1cc(C2CC(=O)c3cnc4c(-c5ccc(F)cc5)c(C)nn4c3C2)cc(OC)c1OC. The largest absolute Gasteiger partial charge is 0.493 e. The predicted molar refractivity (Wildman–Crippen MR) is 125 cm³/mol. The van der Waals surface area contributed by atoms with Gasteiger partial charge in [0.1, 0.15) is 5.82 Å². The Bertz CT molecular complexity index is 1390. The van der Waals surface area contributed by atoms with Gasteiger partial charge >= 0.3 is 0 Å². The number of hydrogen-bond donors (Lipinski definition) is 0. The van der Waals surface area contributed by atoms with E-state index in [0.29, 0.717) is 41.3 Å². The van der Waals surface area contributed by atoms with Crippen LogP contribution >= 0.6 is 0 Å². The molecule has 1 unspecified atom stereocenters. The second-order valence-corrected chi connectivity index (χ2v) is 8.31. The highest BCUT2D eigenvalue weighted by molar-refractivity contribution is 5.99. The molecule has 1 aliphatic carbocycles. The van der Waals surface area contributed by atoms with Crippen molar-refractivity contribution in [1.29, 1.82) is 0 Å². The summed E-state index contributed by atoms with van der Waals surface area (Å²) in [5.41, 5.74) is 5.34. The Hall–Kier alpha value is -3.94. The normalized spacial score (nSPS) is 15.3. The Balaban J connectivity index is 1.62. The lowest BCUT2D eigenvalue weighted by Crippen LogP contribution is -2.22. The number of Topliss-reactive ketones (excluding diaryl/α,β-unsaturated/α-hetero) is 1. The molecular formula is C26H24FN3O4. The van der Waals surface area contributed by atoms with E-state index in [1.165, 1.54) is 12.1 Å². The van der Waals surface area contributed by atoms with Crippen molar-refractivity contribution in [3.63, 3.8) is 0 Å². The third-order valence-corrected chi connectivity index (χ3v) is 6.38. The summed E-state index contributed by atoms with van der Waals surface area (Å²) in [7, 11) is 4.70. The Kier molecular flexibility index (Phi) is 5.43. The van der Waals surface area contributed by atoms with E-state index in [1.807, 2.05) is 19.1 Å². The van der Waals surface area contributed by atoms with Crippen molar-refractivity contribution in [3.8, 4) is 28.4 Å². The van der Waals surface area contributed by atoms with Crippen molar-refractivity contribution in [3.05, 3.63) is 70.9 Å². The maximum absolute atomic E-state index is 13.5. The van der Waals surface area contributed by atoms with Crippen LogP contribution in [0.15, 0.2) is 42.6 Å². The highest BCUT2D eigenvalue weighted by Gasteiger charge is 2.31. The lowest BCUT2D eigenvalue weighted by atomic mass is 9.82. The molecule has 1 aliphatic rings. The number of benzene rings is 2. The predicted octanol–water partition coefficient (Wildman–Crippen LogP) is 4.78. The van der Waals surface area contributed by atoms with Gasteiger partial charge in [0.2, 0.25) is 5.75 Å². The molecule has 0 fully saturated rings. The van der Waals surface area contributed by atoms with Gasteiger partial charge in [-0.1, -0.05) is 12.1 Å². The molecule has 2 heterocycles. The van der Waals surface area contributed by atoms with Crippen LogP contribution < -0.4 is 14.2 Å². The van der Waals surface area contributed by atoms with Gasteiger partial charge in [-0.2, -0.15) is 5.10 Å². The molecule has 0 bridgehead atoms. The van der Waals surface area contributed by atoms with Crippen molar-refractivity contribution >= 4 is 11.4 Å². The van der Waals surface area contributed by atoms with Crippen LogP contribution in [-0.2, 0) is 6.42 Å². The third kappa shape index (κ3) is 3.46. The first-order chi connectivity index (χ1) is 16.4. The number of ether oxygens (including phenoxy) is 3. The second kappa shape index (κ2) is 8.44. The van der Waals surface area contributed by atoms with Crippen LogP contribution in [0.2, 0.25) is 0 Å². The molecule has 0 N–H and O–H groups in total. The summed E-state index contributed by atoms with van der Waals surface area (Å²) in [4.78, 5) is 17.7. The van der Waals surface area contributed by atoms with Gasteiger partial charge in [-0.25, -0.2) is 13.9 Å². The standard InChI is InChI=1S/C26H24FN3O4/c1-14-24(15-5-7-18(27)8-6-15)26-28-13-19-20(30(26)29-14)9-16(10-21(19)31)17-11-22(32-2)25(34-4)23(12-17)33-3/h5-8,11-13,16H,9-10H2,1-4H3. The van der Waals surface area contributed by atoms with Gasteiger partial charge in [0.25, 0.3) is 0 Å². The lowest BCUT2D eigenvalue weighted by Gasteiger charge is -2.25. The van der Waals surface area contributed by atoms with E-state index >= 15 is 0 Å². The highest BCUT2D eigenvalue weighted by Crippen LogP contribution is 2.43. The number of ketones is 1. The number of nitrogens with zero attached hydrogens (tertiary/aromatic N) is 3. The zero-order valence-corrected chi connectivity index (χ0v) is 19.4. The van der Waals surface area contributed by atoms with E-state index in [2.05, 4.69) is 4.98 Å². The molecule has 34 heavy (non-hydrogen) atoms. The number of hydrogen-bond acceptors (Lipinski definition) is 6. The molecule has 7 nitrogen and oxygen atoms in total.